The third kappa shape index (κ3) is 4.82. The Hall–Kier alpha value is -1.39. The molecule has 3 N–H and O–H groups in total. The van der Waals surface area contributed by atoms with Gasteiger partial charge >= 0.3 is 0 Å². The number of hydrogen-bond acceptors (Lipinski definition) is 3. The van der Waals surface area contributed by atoms with Gasteiger partial charge in [0.25, 0.3) is 0 Å². The van der Waals surface area contributed by atoms with Crippen LogP contribution >= 0.6 is 0 Å². The van der Waals surface area contributed by atoms with Gasteiger partial charge in [-0.25, -0.2) is 0 Å². The number of carbonyl (C=O) groups is 1. The minimum Gasteiger partial charge on any atom is -0.352 e. The van der Waals surface area contributed by atoms with Crippen molar-refractivity contribution in [2.45, 2.75) is 57.7 Å². The number of nitrogens with zero attached hydrogens (tertiary/aromatic N) is 1. The van der Waals surface area contributed by atoms with Gasteiger partial charge in [0.05, 0.1) is 5.54 Å². The molecule has 0 aliphatic carbocycles. The molecule has 2 rings (SSSR count). The third-order valence-electron chi connectivity index (χ3n) is 4.46. The molecule has 1 fully saturated rings. The van der Waals surface area contributed by atoms with Crippen molar-refractivity contribution in [2.75, 3.05) is 13.1 Å². The van der Waals surface area contributed by atoms with E-state index in [4.69, 9.17) is 5.73 Å². The number of hydrogen-bond donors (Lipinski definition) is 2. The summed E-state index contributed by atoms with van der Waals surface area (Å²) < 4.78 is 0. The van der Waals surface area contributed by atoms with Crippen molar-refractivity contribution in [3.05, 3.63) is 35.9 Å². The van der Waals surface area contributed by atoms with Gasteiger partial charge < -0.3 is 11.1 Å². The number of amides is 1. The van der Waals surface area contributed by atoms with Crippen LogP contribution in [-0.2, 0) is 11.3 Å². The standard InChI is InChI=1S/C18H29N3O/c1-3-11-18(2,19)17(22)20-16-9-12-21(13-10-16)14-15-7-5-4-6-8-15/h4-8,16H,3,9-14,19H2,1-2H3,(H,20,22). The predicted molar refractivity (Wildman–Crippen MR) is 90.4 cm³/mol. The SMILES string of the molecule is CCCC(C)(N)C(=O)NC1CCN(Cc2ccccc2)CC1. The fourth-order valence-electron chi connectivity index (χ4n) is 3.06. The molecule has 0 spiro atoms. The van der Waals surface area contributed by atoms with E-state index in [1.54, 1.807) is 0 Å². The average molecular weight is 303 g/mol. The average Bonchev–Trinajstić information content (AvgIpc) is 2.50. The molecule has 0 aromatic heterocycles. The van der Waals surface area contributed by atoms with Crippen LogP contribution < -0.4 is 11.1 Å². The number of nitrogens with two attached hydrogens (primary N) is 1. The molecule has 0 bridgehead atoms. The van der Waals surface area contributed by atoms with Crippen LogP contribution in [-0.4, -0.2) is 35.5 Å². The summed E-state index contributed by atoms with van der Waals surface area (Å²) >= 11 is 0. The summed E-state index contributed by atoms with van der Waals surface area (Å²) in [6, 6.07) is 10.8. The summed E-state index contributed by atoms with van der Waals surface area (Å²) in [6.07, 6.45) is 3.66. The molecule has 1 atom stereocenters. The summed E-state index contributed by atoms with van der Waals surface area (Å²) in [6.45, 7) is 6.92. The summed E-state index contributed by atoms with van der Waals surface area (Å²) in [5.41, 5.74) is 6.70. The number of benzene rings is 1. The molecular formula is C18H29N3O. The van der Waals surface area contributed by atoms with Crippen LogP contribution in [0, 0.1) is 0 Å². The Labute approximate surface area is 134 Å². The van der Waals surface area contributed by atoms with Crippen molar-refractivity contribution in [1.29, 1.82) is 0 Å². The van der Waals surface area contributed by atoms with Gasteiger partial charge in [0.2, 0.25) is 5.91 Å². The fraction of sp³-hybridized carbons (Fsp3) is 0.611. The Bertz CT molecular complexity index is 464. The van der Waals surface area contributed by atoms with E-state index in [1.165, 1.54) is 5.56 Å². The Morgan fingerprint density at radius 2 is 1.95 bits per heavy atom. The Balaban J connectivity index is 1.76. The minimum absolute atomic E-state index is 0.00383. The van der Waals surface area contributed by atoms with Gasteiger partial charge in [0.15, 0.2) is 0 Å². The van der Waals surface area contributed by atoms with E-state index in [0.29, 0.717) is 0 Å². The largest absolute Gasteiger partial charge is 0.352 e. The normalized spacial score (nSPS) is 19.6. The second-order valence-corrected chi connectivity index (χ2v) is 6.68. The van der Waals surface area contributed by atoms with Gasteiger partial charge in [-0.2, -0.15) is 0 Å². The zero-order chi connectivity index (χ0) is 16.0. The molecule has 22 heavy (non-hydrogen) atoms. The van der Waals surface area contributed by atoms with E-state index in [0.717, 1.165) is 45.3 Å². The van der Waals surface area contributed by atoms with Crippen molar-refractivity contribution in [3.63, 3.8) is 0 Å². The number of rotatable bonds is 6. The van der Waals surface area contributed by atoms with Crippen molar-refractivity contribution in [1.82, 2.24) is 10.2 Å². The Morgan fingerprint density at radius 3 is 2.55 bits per heavy atom. The molecule has 1 aliphatic rings. The van der Waals surface area contributed by atoms with Gasteiger partial charge in [0, 0.05) is 25.7 Å². The maximum atomic E-state index is 12.2. The molecule has 4 nitrogen and oxygen atoms in total. The third-order valence-corrected chi connectivity index (χ3v) is 4.46. The lowest BCUT2D eigenvalue weighted by atomic mass is 9.95. The summed E-state index contributed by atoms with van der Waals surface area (Å²) in [5, 5.41) is 3.14. The van der Waals surface area contributed by atoms with Crippen molar-refractivity contribution in [3.8, 4) is 0 Å². The van der Waals surface area contributed by atoms with Crippen LogP contribution in [0.15, 0.2) is 30.3 Å². The topological polar surface area (TPSA) is 58.4 Å². The summed E-state index contributed by atoms with van der Waals surface area (Å²) in [7, 11) is 0. The number of carbonyl (C=O) groups excluding carboxylic acids is 1. The molecule has 1 saturated heterocycles. The molecule has 122 valence electrons. The maximum Gasteiger partial charge on any atom is 0.240 e. The van der Waals surface area contributed by atoms with Crippen LogP contribution in [0.25, 0.3) is 0 Å². The van der Waals surface area contributed by atoms with E-state index in [1.807, 2.05) is 13.0 Å². The van der Waals surface area contributed by atoms with Crippen molar-refractivity contribution < 1.29 is 4.79 Å². The number of likely N-dealkylation sites (tertiary alicyclic amines) is 1. The van der Waals surface area contributed by atoms with Crippen molar-refractivity contribution >= 4 is 5.91 Å². The van der Waals surface area contributed by atoms with Crippen LogP contribution in [0.5, 0.6) is 0 Å². The zero-order valence-electron chi connectivity index (χ0n) is 13.8. The molecule has 1 aliphatic heterocycles. The number of nitrogens with one attached hydrogen (secondary N) is 1. The summed E-state index contributed by atoms with van der Waals surface area (Å²) in [5.74, 6) is -0.00383. The Morgan fingerprint density at radius 1 is 1.32 bits per heavy atom. The quantitative estimate of drug-likeness (QED) is 0.847. The first-order valence-corrected chi connectivity index (χ1v) is 8.37. The highest BCUT2D eigenvalue weighted by molar-refractivity contribution is 5.85. The van der Waals surface area contributed by atoms with Gasteiger partial charge in [-0.05, 0) is 31.7 Å². The lowest BCUT2D eigenvalue weighted by molar-refractivity contribution is -0.127. The second kappa shape index (κ2) is 7.75. The molecular weight excluding hydrogens is 274 g/mol. The molecule has 1 unspecified atom stereocenters. The van der Waals surface area contributed by atoms with Gasteiger partial charge in [-0.15, -0.1) is 0 Å². The second-order valence-electron chi connectivity index (χ2n) is 6.68. The predicted octanol–water partition coefficient (Wildman–Crippen LogP) is 2.28. The molecule has 1 amide bonds. The van der Waals surface area contributed by atoms with Crippen LogP contribution in [0.1, 0.15) is 45.1 Å². The first-order chi connectivity index (χ1) is 10.5. The highest BCUT2D eigenvalue weighted by atomic mass is 16.2. The van der Waals surface area contributed by atoms with Crippen LogP contribution in [0.4, 0.5) is 0 Å². The van der Waals surface area contributed by atoms with Crippen molar-refractivity contribution in [2.24, 2.45) is 5.73 Å². The fourth-order valence-corrected chi connectivity index (χ4v) is 3.06. The van der Waals surface area contributed by atoms with Crippen LogP contribution in [0.3, 0.4) is 0 Å². The molecule has 0 radical (unpaired) electrons. The lowest BCUT2D eigenvalue weighted by Gasteiger charge is -2.34. The van der Waals surface area contributed by atoms with E-state index < -0.39 is 5.54 Å². The molecule has 4 heteroatoms. The first-order valence-electron chi connectivity index (χ1n) is 8.37. The molecule has 1 aromatic rings. The Kier molecular flexibility index (Phi) is 5.98. The van der Waals surface area contributed by atoms with Crippen LogP contribution in [0.2, 0.25) is 0 Å². The maximum absolute atomic E-state index is 12.2. The highest BCUT2D eigenvalue weighted by Crippen LogP contribution is 2.15. The van der Waals surface area contributed by atoms with E-state index >= 15 is 0 Å². The minimum atomic E-state index is -0.740. The zero-order valence-corrected chi connectivity index (χ0v) is 13.8. The van der Waals surface area contributed by atoms with Gasteiger partial charge in [-0.3, -0.25) is 9.69 Å². The smallest absolute Gasteiger partial charge is 0.240 e. The highest BCUT2D eigenvalue weighted by Gasteiger charge is 2.30. The summed E-state index contributed by atoms with van der Waals surface area (Å²) in [4.78, 5) is 14.7. The molecule has 1 aromatic carbocycles. The van der Waals surface area contributed by atoms with Gasteiger partial charge in [-0.1, -0.05) is 43.7 Å². The lowest BCUT2D eigenvalue weighted by Crippen LogP contribution is -2.55. The van der Waals surface area contributed by atoms with E-state index in [-0.39, 0.29) is 11.9 Å². The molecule has 0 saturated carbocycles. The van der Waals surface area contributed by atoms with E-state index in [9.17, 15) is 4.79 Å². The molecule has 1 heterocycles. The number of piperidine rings is 1. The monoisotopic (exact) mass is 303 g/mol. The van der Waals surface area contributed by atoms with E-state index in [2.05, 4.69) is 41.4 Å². The first kappa shape index (κ1) is 17.0. The van der Waals surface area contributed by atoms with Gasteiger partial charge in [0.1, 0.15) is 0 Å².